The molecule has 1 aromatic carbocycles. The Labute approximate surface area is 104 Å². The Balaban J connectivity index is 2.47. The van der Waals surface area contributed by atoms with E-state index < -0.39 is 10.8 Å². The minimum Gasteiger partial charge on any atom is -0.490 e. The zero-order chi connectivity index (χ0) is 12.9. The van der Waals surface area contributed by atoms with E-state index in [4.69, 9.17) is 4.74 Å². The lowest BCUT2D eigenvalue weighted by Crippen LogP contribution is -2.32. The van der Waals surface area contributed by atoms with Gasteiger partial charge in [0, 0.05) is 0 Å². The third-order valence-electron chi connectivity index (χ3n) is 1.79. The van der Waals surface area contributed by atoms with Gasteiger partial charge in [0.25, 0.3) is 0 Å². The van der Waals surface area contributed by atoms with Gasteiger partial charge in [-0.15, -0.1) is 0 Å². The minimum atomic E-state index is -4.26. The van der Waals surface area contributed by atoms with Gasteiger partial charge in [0.1, 0.15) is 12.4 Å². The number of halogens is 5. The third kappa shape index (κ3) is 4.38. The largest absolute Gasteiger partial charge is 0.490 e. The molecule has 0 atom stereocenters. The van der Waals surface area contributed by atoms with E-state index in [1.807, 2.05) is 0 Å². The van der Waals surface area contributed by atoms with Crippen molar-refractivity contribution in [2.75, 3.05) is 6.61 Å². The Bertz CT molecular complexity index is 373. The SMILES string of the molecule is FC(F)(Br)C(F)(F)C=CCOc1ccccc1. The van der Waals surface area contributed by atoms with Crippen molar-refractivity contribution >= 4 is 15.9 Å². The highest BCUT2D eigenvalue weighted by Crippen LogP contribution is 2.40. The highest BCUT2D eigenvalue weighted by atomic mass is 79.9. The molecule has 0 bridgehead atoms. The van der Waals surface area contributed by atoms with Gasteiger partial charge in [-0.2, -0.15) is 17.6 Å². The van der Waals surface area contributed by atoms with Crippen LogP contribution in [0.4, 0.5) is 17.6 Å². The fourth-order valence-corrected chi connectivity index (χ4v) is 1.08. The number of rotatable bonds is 5. The van der Waals surface area contributed by atoms with Gasteiger partial charge < -0.3 is 4.74 Å². The predicted octanol–water partition coefficient (Wildman–Crippen LogP) is 4.24. The van der Waals surface area contributed by atoms with E-state index in [2.05, 4.69) is 0 Å². The minimum absolute atomic E-state index is 0.116. The molecule has 0 aliphatic rings. The molecule has 94 valence electrons. The third-order valence-corrected chi connectivity index (χ3v) is 2.32. The number of ether oxygens (including phenoxy) is 1. The Kier molecular flexibility index (Phi) is 4.56. The van der Waals surface area contributed by atoms with E-state index in [1.54, 1.807) is 46.3 Å². The molecule has 0 unspecified atom stereocenters. The van der Waals surface area contributed by atoms with Crippen LogP contribution in [0.1, 0.15) is 0 Å². The summed E-state index contributed by atoms with van der Waals surface area (Å²) in [5.41, 5.74) is 0. The summed E-state index contributed by atoms with van der Waals surface area (Å²) in [6, 6.07) is 8.44. The lowest BCUT2D eigenvalue weighted by molar-refractivity contribution is -0.111. The summed E-state index contributed by atoms with van der Waals surface area (Å²) in [6.07, 6.45) is 0.965. The number of para-hydroxylation sites is 1. The van der Waals surface area contributed by atoms with Crippen molar-refractivity contribution in [3.8, 4) is 5.75 Å². The van der Waals surface area contributed by atoms with Crippen LogP contribution in [0, 0.1) is 0 Å². The van der Waals surface area contributed by atoms with E-state index in [0.717, 1.165) is 6.08 Å². The molecule has 0 fully saturated rings. The Hall–Kier alpha value is -1.04. The maximum atomic E-state index is 12.7. The first-order chi connectivity index (χ1) is 7.83. The van der Waals surface area contributed by atoms with E-state index >= 15 is 0 Å². The first kappa shape index (κ1) is 14.0. The molecule has 0 spiro atoms. The first-order valence-corrected chi connectivity index (χ1v) is 5.42. The average molecular weight is 313 g/mol. The van der Waals surface area contributed by atoms with Gasteiger partial charge >= 0.3 is 10.8 Å². The number of allylic oxidation sites excluding steroid dienone is 1. The molecule has 0 N–H and O–H groups in total. The summed E-state index contributed by atoms with van der Waals surface area (Å²) in [7, 11) is 0. The maximum absolute atomic E-state index is 12.7. The van der Waals surface area contributed by atoms with Crippen molar-refractivity contribution in [1.82, 2.24) is 0 Å². The molecule has 0 aliphatic carbocycles. The lowest BCUT2D eigenvalue weighted by atomic mass is 10.3. The lowest BCUT2D eigenvalue weighted by Gasteiger charge is -2.17. The monoisotopic (exact) mass is 312 g/mol. The number of alkyl halides is 5. The smallest absolute Gasteiger partial charge is 0.367 e. The summed E-state index contributed by atoms with van der Waals surface area (Å²) in [5, 5.41) is 0. The topological polar surface area (TPSA) is 9.23 Å². The molecule has 0 saturated heterocycles. The standard InChI is InChI=1S/C11H9BrF4O/c12-11(15,16)10(13,14)7-4-8-17-9-5-2-1-3-6-9/h1-7H,8H2. The molecule has 0 radical (unpaired) electrons. The van der Waals surface area contributed by atoms with E-state index in [9.17, 15) is 17.6 Å². The van der Waals surface area contributed by atoms with Crippen molar-refractivity contribution in [2.45, 2.75) is 10.8 Å². The Morgan fingerprint density at radius 1 is 1.12 bits per heavy atom. The second-order valence-corrected chi connectivity index (χ2v) is 4.14. The molecule has 1 nitrogen and oxygen atoms in total. The van der Waals surface area contributed by atoms with Crippen LogP contribution >= 0.6 is 15.9 Å². The zero-order valence-corrected chi connectivity index (χ0v) is 10.1. The van der Waals surface area contributed by atoms with Crippen LogP contribution < -0.4 is 4.74 Å². The molecule has 1 rings (SSSR count). The summed E-state index contributed by atoms with van der Waals surface area (Å²) in [4.78, 5) is -4.26. The van der Waals surface area contributed by atoms with Gasteiger partial charge in [-0.05, 0) is 40.2 Å². The maximum Gasteiger partial charge on any atom is 0.367 e. The molecule has 1 aromatic rings. The number of benzene rings is 1. The molecule has 0 aromatic heterocycles. The average Bonchev–Trinajstić information content (AvgIpc) is 2.24. The van der Waals surface area contributed by atoms with Crippen LogP contribution in [-0.4, -0.2) is 17.4 Å². The molecule has 0 amide bonds. The molecule has 17 heavy (non-hydrogen) atoms. The van der Waals surface area contributed by atoms with Crippen molar-refractivity contribution in [2.24, 2.45) is 0 Å². The Morgan fingerprint density at radius 3 is 2.24 bits per heavy atom. The van der Waals surface area contributed by atoms with Crippen molar-refractivity contribution < 1.29 is 22.3 Å². The molecule has 0 saturated carbocycles. The molecular formula is C11H9BrF4O. The van der Waals surface area contributed by atoms with Crippen LogP contribution in [0.3, 0.4) is 0 Å². The van der Waals surface area contributed by atoms with E-state index in [0.29, 0.717) is 5.75 Å². The van der Waals surface area contributed by atoms with Gasteiger partial charge in [0.2, 0.25) is 0 Å². The van der Waals surface area contributed by atoms with Crippen LogP contribution in [0.15, 0.2) is 42.5 Å². The number of hydrogen-bond donors (Lipinski definition) is 0. The predicted molar refractivity (Wildman–Crippen MR) is 59.9 cm³/mol. The fourth-order valence-electron chi connectivity index (χ4n) is 0.952. The quantitative estimate of drug-likeness (QED) is 0.449. The molecule has 0 heterocycles. The van der Waals surface area contributed by atoms with Gasteiger partial charge in [0.05, 0.1) is 0 Å². The van der Waals surface area contributed by atoms with E-state index in [-0.39, 0.29) is 12.7 Å². The van der Waals surface area contributed by atoms with E-state index in [1.165, 1.54) is 0 Å². The highest BCUT2D eigenvalue weighted by molar-refractivity contribution is 9.10. The van der Waals surface area contributed by atoms with Crippen LogP contribution in [0.2, 0.25) is 0 Å². The molecule has 6 heteroatoms. The highest BCUT2D eigenvalue weighted by Gasteiger charge is 2.52. The summed E-state index contributed by atoms with van der Waals surface area (Å²) < 4.78 is 55.1. The zero-order valence-electron chi connectivity index (χ0n) is 8.55. The number of hydrogen-bond acceptors (Lipinski definition) is 1. The summed E-state index contributed by atoms with van der Waals surface area (Å²) in [6.45, 7) is -0.206. The second kappa shape index (κ2) is 5.53. The summed E-state index contributed by atoms with van der Waals surface area (Å²) >= 11 is 1.62. The normalized spacial score (nSPS) is 13.0. The second-order valence-electron chi connectivity index (χ2n) is 3.15. The van der Waals surface area contributed by atoms with Crippen molar-refractivity contribution in [3.63, 3.8) is 0 Å². The van der Waals surface area contributed by atoms with Crippen molar-refractivity contribution in [3.05, 3.63) is 42.5 Å². The van der Waals surface area contributed by atoms with Crippen LogP contribution in [0.5, 0.6) is 5.75 Å². The summed E-state index contributed by atoms with van der Waals surface area (Å²) in [5.74, 6) is -3.77. The van der Waals surface area contributed by atoms with Gasteiger partial charge in [-0.3, -0.25) is 0 Å². The van der Waals surface area contributed by atoms with Crippen LogP contribution in [0.25, 0.3) is 0 Å². The molecule has 0 aliphatic heterocycles. The van der Waals surface area contributed by atoms with Crippen LogP contribution in [-0.2, 0) is 0 Å². The van der Waals surface area contributed by atoms with Gasteiger partial charge in [0.15, 0.2) is 0 Å². The van der Waals surface area contributed by atoms with Gasteiger partial charge in [-0.25, -0.2) is 0 Å². The Morgan fingerprint density at radius 2 is 1.71 bits per heavy atom. The van der Waals surface area contributed by atoms with Gasteiger partial charge in [-0.1, -0.05) is 18.2 Å². The first-order valence-electron chi connectivity index (χ1n) is 4.63. The molecular weight excluding hydrogens is 304 g/mol. The van der Waals surface area contributed by atoms with Crippen molar-refractivity contribution in [1.29, 1.82) is 0 Å². The fraction of sp³-hybridized carbons (Fsp3) is 0.273.